The van der Waals surface area contributed by atoms with Crippen LogP contribution in [-0.2, 0) is 6.18 Å². The molecule has 0 atom stereocenters. The van der Waals surface area contributed by atoms with E-state index in [1.807, 2.05) is 0 Å². The van der Waals surface area contributed by atoms with Gasteiger partial charge in [0.2, 0.25) is 5.82 Å². The molecule has 4 rings (SSSR count). The van der Waals surface area contributed by atoms with Crippen LogP contribution in [0.25, 0.3) is 33.9 Å². The van der Waals surface area contributed by atoms with Crippen molar-refractivity contribution in [1.82, 2.24) is 15.1 Å². The van der Waals surface area contributed by atoms with E-state index in [1.54, 1.807) is 25.1 Å². The molecule has 0 aliphatic carbocycles. The lowest BCUT2D eigenvalue weighted by molar-refractivity contribution is -0.137. The summed E-state index contributed by atoms with van der Waals surface area (Å²) in [6, 6.07) is 9.93. The van der Waals surface area contributed by atoms with Gasteiger partial charge in [-0.2, -0.15) is 18.2 Å². The number of nitrogens with zero attached hydrogens (tertiary/aromatic N) is 3. The third kappa shape index (κ3) is 2.86. The van der Waals surface area contributed by atoms with Crippen LogP contribution in [0.4, 0.5) is 13.2 Å². The molecule has 2 heterocycles. The van der Waals surface area contributed by atoms with Gasteiger partial charge in [-0.05, 0) is 36.4 Å². The van der Waals surface area contributed by atoms with Crippen LogP contribution in [0.1, 0.15) is 11.5 Å². The summed E-state index contributed by atoms with van der Waals surface area (Å²) in [7, 11) is 0. The summed E-state index contributed by atoms with van der Waals surface area (Å²) in [5.74, 6) is 0.803. The first-order valence-corrected chi connectivity index (χ1v) is 7.29. The number of hydrogen-bond donors (Lipinski definition) is 0. The molecule has 4 aromatic rings. The molecule has 0 fully saturated rings. The zero-order valence-corrected chi connectivity index (χ0v) is 12.8. The quantitative estimate of drug-likeness (QED) is 0.518. The summed E-state index contributed by atoms with van der Waals surface area (Å²) in [5.41, 5.74) is 1.32. The lowest BCUT2D eigenvalue weighted by atomic mass is 10.1. The third-order valence-corrected chi connectivity index (χ3v) is 3.62. The highest BCUT2D eigenvalue weighted by Gasteiger charge is 2.30. The standard InChI is InChI=1S/C17H10F3N3O2/c1-9-21-13-8-10(5-6-14(13)24-9)15-22-16(25-23-15)11-3-2-4-12(7-11)17(18,19)20/h2-8H,1H3. The van der Waals surface area contributed by atoms with Gasteiger partial charge in [-0.25, -0.2) is 4.98 Å². The van der Waals surface area contributed by atoms with E-state index >= 15 is 0 Å². The number of benzene rings is 2. The van der Waals surface area contributed by atoms with E-state index in [9.17, 15) is 13.2 Å². The lowest BCUT2D eigenvalue weighted by Crippen LogP contribution is -2.04. The Bertz CT molecular complexity index is 1070. The Labute approximate surface area is 139 Å². The molecular formula is C17H10F3N3O2. The van der Waals surface area contributed by atoms with Gasteiger partial charge in [0, 0.05) is 18.1 Å². The molecule has 2 aromatic heterocycles. The summed E-state index contributed by atoms with van der Waals surface area (Å²) < 4.78 is 49.0. The van der Waals surface area contributed by atoms with E-state index in [2.05, 4.69) is 15.1 Å². The van der Waals surface area contributed by atoms with Gasteiger partial charge in [-0.1, -0.05) is 11.2 Å². The maximum Gasteiger partial charge on any atom is 0.416 e. The van der Waals surface area contributed by atoms with Gasteiger partial charge in [-0.15, -0.1) is 0 Å². The Hall–Kier alpha value is -3.16. The predicted molar refractivity (Wildman–Crippen MR) is 82.5 cm³/mol. The number of oxazole rings is 1. The highest BCUT2D eigenvalue weighted by atomic mass is 19.4. The number of hydrogen-bond acceptors (Lipinski definition) is 5. The second-order valence-corrected chi connectivity index (χ2v) is 5.42. The summed E-state index contributed by atoms with van der Waals surface area (Å²) >= 11 is 0. The second kappa shape index (κ2) is 5.44. The van der Waals surface area contributed by atoms with Crippen LogP contribution >= 0.6 is 0 Å². The van der Waals surface area contributed by atoms with Crippen LogP contribution < -0.4 is 0 Å². The molecule has 0 unspecified atom stereocenters. The van der Waals surface area contributed by atoms with E-state index in [-0.39, 0.29) is 17.3 Å². The average molecular weight is 345 g/mol. The van der Waals surface area contributed by atoms with Crippen molar-refractivity contribution in [3.8, 4) is 22.8 Å². The minimum atomic E-state index is -4.44. The second-order valence-electron chi connectivity index (χ2n) is 5.42. The van der Waals surface area contributed by atoms with Crippen molar-refractivity contribution in [2.24, 2.45) is 0 Å². The van der Waals surface area contributed by atoms with Gasteiger partial charge in [0.1, 0.15) is 5.52 Å². The molecule has 0 spiro atoms. The minimum absolute atomic E-state index is 0.0116. The number of halogens is 3. The molecule has 5 nitrogen and oxygen atoms in total. The van der Waals surface area contributed by atoms with Gasteiger partial charge in [0.05, 0.1) is 5.56 Å². The van der Waals surface area contributed by atoms with Crippen LogP contribution in [0.3, 0.4) is 0 Å². The lowest BCUT2D eigenvalue weighted by Gasteiger charge is -2.06. The number of fused-ring (bicyclic) bond motifs is 1. The van der Waals surface area contributed by atoms with E-state index in [4.69, 9.17) is 8.94 Å². The monoisotopic (exact) mass is 345 g/mol. The van der Waals surface area contributed by atoms with Crippen molar-refractivity contribution in [3.63, 3.8) is 0 Å². The van der Waals surface area contributed by atoms with Gasteiger partial charge in [0.25, 0.3) is 5.89 Å². The fourth-order valence-electron chi connectivity index (χ4n) is 2.47. The Morgan fingerprint density at radius 2 is 1.80 bits per heavy atom. The molecule has 0 amide bonds. The van der Waals surface area contributed by atoms with Crippen LogP contribution in [0.15, 0.2) is 51.4 Å². The normalized spacial score (nSPS) is 12.0. The molecule has 0 saturated heterocycles. The fourth-order valence-corrected chi connectivity index (χ4v) is 2.47. The van der Waals surface area contributed by atoms with Crippen molar-refractivity contribution in [2.45, 2.75) is 13.1 Å². The summed E-state index contributed by atoms with van der Waals surface area (Å²) in [6.45, 7) is 1.74. The Morgan fingerprint density at radius 3 is 2.60 bits per heavy atom. The molecule has 126 valence electrons. The van der Waals surface area contributed by atoms with Crippen molar-refractivity contribution >= 4 is 11.1 Å². The molecule has 0 bridgehead atoms. The number of aryl methyl sites for hydroxylation is 1. The molecule has 2 aromatic carbocycles. The van der Waals surface area contributed by atoms with Crippen molar-refractivity contribution in [2.75, 3.05) is 0 Å². The molecule has 0 radical (unpaired) electrons. The van der Waals surface area contributed by atoms with Gasteiger partial charge in [0.15, 0.2) is 11.5 Å². The van der Waals surface area contributed by atoms with Crippen molar-refractivity contribution in [1.29, 1.82) is 0 Å². The van der Waals surface area contributed by atoms with Crippen LogP contribution in [-0.4, -0.2) is 15.1 Å². The molecule has 0 aliphatic rings. The number of aromatic nitrogens is 3. The average Bonchev–Trinajstić information content (AvgIpc) is 3.19. The molecule has 0 aliphatic heterocycles. The first kappa shape index (κ1) is 15.4. The third-order valence-electron chi connectivity index (χ3n) is 3.62. The molecule has 8 heteroatoms. The molecule has 0 saturated carbocycles. The Morgan fingerprint density at radius 1 is 0.960 bits per heavy atom. The molecule has 25 heavy (non-hydrogen) atoms. The molecular weight excluding hydrogens is 335 g/mol. The van der Waals surface area contributed by atoms with E-state index < -0.39 is 11.7 Å². The van der Waals surface area contributed by atoms with E-state index in [1.165, 1.54) is 12.1 Å². The number of rotatable bonds is 2. The maximum absolute atomic E-state index is 12.8. The summed E-state index contributed by atoms with van der Waals surface area (Å²) in [5, 5.41) is 3.84. The minimum Gasteiger partial charge on any atom is -0.441 e. The van der Waals surface area contributed by atoms with Crippen LogP contribution in [0.2, 0.25) is 0 Å². The van der Waals surface area contributed by atoms with Crippen molar-refractivity contribution in [3.05, 3.63) is 53.9 Å². The smallest absolute Gasteiger partial charge is 0.416 e. The first-order valence-electron chi connectivity index (χ1n) is 7.29. The summed E-state index contributed by atoms with van der Waals surface area (Å²) in [6.07, 6.45) is -4.44. The largest absolute Gasteiger partial charge is 0.441 e. The van der Waals surface area contributed by atoms with Crippen molar-refractivity contribution < 1.29 is 22.1 Å². The van der Waals surface area contributed by atoms with Gasteiger partial charge in [-0.3, -0.25) is 0 Å². The number of alkyl halides is 3. The Kier molecular flexibility index (Phi) is 3.34. The van der Waals surface area contributed by atoms with Gasteiger partial charge < -0.3 is 8.94 Å². The predicted octanol–water partition coefficient (Wildman–Crippen LogP) is 4.87. The highest BCUT2D eigenvalue weighted by molar-refractivity contribution is 5.78. The Balaban J connectivity index is 1.72. The maximum atomic E-state index is 12.8. The van der Waals surface area contributed by atoms with E-state index in [0.29, 0.717) is 22.6 Å². The SMILES string of the molecule is Cc1nc2cc(-c3noc(-c4cccc(C(F)(F)F)c4)n3)ccc2o1. The fraction of sp³-hybridized carbons (Fsp3) is 0.118. The first-order chi connectivity index (χ1) is 11.9. The highest BCUT2D eigenvalue weighted by Crippen LogP contribution is 2.32. The van der Waals surface area contributed by atoms with Crippen LogP contribution in [0.5, 0.6) is 0 Å². The summed E-state index contributed by atoms with van der Waals surface area (Å²) in [4.78, 5) is 8.41. The van der Waals surface area contributed by atoms with Gasteiger partial charge >= 0.3 is 6.18 Å². The van der Waals surface area contributed by atoms with Crippen LogP contribution in [0, 0.1) is 6.92 Å². The topological polar surface area (TPSA) is 65.0 Å². The zero-order valence-electron chi connectivity index (χ0n) is 12.8. The van der Waals surface area contributed by atoms with E-state index in [0.717, 1.165) is 12.1 Å². The zero-order chi connectivity index (χ0) is 17.6. The molecule has 0 N–H and O–H groups in total.